The maximum absolute atomic E-state index is 11.9. The number of esters is 1. The largest absolute Gasteiger partial charge is 0.460 e. The molecule has 0 spiro atoms. The summed E-state index contributed by atoms with van der Waals surface area (Å²) in [6.07, 6.45) is 0. The number of hydrogen-bond donors (Lipinski definition) is 0. The average Bonchev–Trinajstić information content (AvgIpc) is 2.37. The van der Waals surface area contributed by atoms with Gasteiger partial charge in [0.15, 0.2) is 0 Å². The Kier molecular flexibility index (Phi) is 5.42. The Morgan fingerprint density at radius 1 is 1.05 bits per heavy atom. The van der Waals surface area contributed by atoms with Gasteiger partial charge in [-0.2, -0.15) is 0 Å². The summed E-state index contributed by atoms with van der Waals surface area (Å²) in [6, 6.07) is 9.18. The highest BCUT2D eigenvalue weighted by atomic mass is 16.5. The molecule has 1 aromatic carbocycles. The number of ether oxygens (including phenoxy) is 1. The zero-order valence-electron chi connectivity index (χ0n) is 11.4. The maximum atomic E-state index is 11.9. The third-order valence-corrected chi connectivity index (χ3v) is 3.06. The number of rotatable bonds is 6. The fourth-order valence-corrected chi connectivity index (χ4v) is 1.78. The molecule has 4 heteroatoms. The molecule has 19 heavy (non-hydrogen) atoms. The molecular weight excluding hydrogens is 244 g/mol. The predicted molar refractivity (Wildman–Crippen MR) is 70.3 cm³/mol. The quantitative estimate of drug-likeness (QED) is 0.582. The number of ketones is 2. The lowest BCUT2D eigenvalue weighted by atomic mass is 9.88. The first-order chi connectivity index (χ1) is 8.93. The van der Waals surface area contributed by atoms with Crippen LogP contribution in [0, 0.1) is 11.8 Å². The number of hydrogen-bond acceptors (Lipinski definition) is 4. The van der Waals surface area contributed by atoms with Crippen molar-refractivity contribution in [3.05, 3.63) is 35.9 Å². The molecular formula is C15H18O4. The molecule has 2 atom stereocenters. The summed E-state index contributed by atoms with van der Waals surface area (Å²) in [6.45, 7) is 4.34. The van der Waals surface area contributed by atoms with Gasteiger partial charge in [-0.1, -0.05) is 37.3 Å². The summed E-state index contributed by atoms with van der Waals surface area (Å²) in [5.74, 6) is -2.85. The third kappa shape index (κ3) is 4.32. The predicted octanol–water partition coefficient (Wildman–Crippen LogP) is 2.16. The van der Waals surface area contributed by atoms with Crippen LogP contribution in [-0.2, 0) is 25.7 Å². The van der Waals surface area contributed by atoms with Gasteiger partial charge in [0.25, 0.3) is 0 Å². The van der Waals surface area contributed by atoms with E-state index in [4.69, 9.17) is 4.74 Å². The highest BCUT2D eigenvalue weighted by Crippen LogP contribution is 2.17. The van der Waals surface area contributed by atoms with E-state index in [1.54, 1.807) is 6.92 Å². The molecule has 0 saturated carbocycles. The second-order valence-electron chi connectivity index (χ2n) is 4.58. The van der Waals surface area contributed by atoms with Crippen molar-refractivity contribution in [1.29, 1.82) is 0 Å². The summed E-state index contributed by atoms with van der Waals surface area (Å²) in [5.41, 5.74) is 0.841. The lowest BCUT2D eigenvalue weighted by Crippen LogP contribution is -2.33. The van der Waals surface area contributed by atoms with Crippen molar-refractivity contribution in [3.8, 4) is 0 Å². The van der Waals surface area contributed by atoms with Crippen LogP contribution in [0.1, 0.15) is 26.3 Å². The number of carbonyl (C=O) groups excluding carboxylic acids is 3. The molecule has 0 aliphatic carbocycles. The van der Waals surface area contributed by atoms with Gasteiger partial charge in [-0.3, -0.25) is 14.4 Å². The van der Waals surface area contributed by atoms with Gasteiger partial charge in [0, 0.05) is 5.92 Å². The van der Waals surface area contributed by atoms with Gasteiger partial charge in [-0.05, 0) is 19.4 Å². The number of benzene rings is 1. The Balaban J connectivity index is 2.68. The van der Waals surface area contributed by atoms with Crippen LogP contribution >= 0.6 is 0 Å². The van der Waals surface area contributed by atoms with Gasteiger partial charge >= 0.3 is 5.97 Å². The second kappa shape index (κ2) is 6.83. The molecule has 0 bridgehead atoms. The van der Waals surface area contributed by atoms with Gasteiger partial charge in [-0.25, -0.2) is 0 Å². The minimum absolute atomic E-state index is 0.105. The van der Waals surface area contributed by atoms with E-state index in [2.05, 4.69) is 0 Å². The van der Waals surface area contributed by atoms with E-state index in [9.17, 15) is 14.4 Å². The molecule has 2 unspecified atom stereocenters. The smallest absolute Gasteiger partial charge is 0.317 e. The monoisotopic (exact) mass is 262 g/mol. The Labute approximate surface area is 112 Å². The van der Waals surface area contributed by atoms with Crippen molar-refractivity contribution >= 4 is 17.5 Å². The Bertz CT molecular complexity index is 464. The van der Waals surface area contributed by atoms with Crippen LogP contribution in [-0.4, -0.2) is 17.5 Å². The zero-order chi connectivity index (χ0) is 14.4. The average molecular weight is 262 g/mol. The molecule has 0 aliphatic heterocycles. The number of Topliss-reactive ketones (excluding diaryl/α,β-unsaturated/α-hetero) is 2. The van der Waals surface area contributed by atoms with Crippen molar-refractivity contribution in [2.24, 2.45) is 11.8 Å². The summed E-state index contributed by atoms with van der Waals surface area (Å²) in [7, 11) is 0. The summed E-state index contributed by atoms with van der Waals surface area (Å²) < 4.78 is 5.11. The molecule has 0 amide bonds. The van der Waals surface area contributed by atoms with Crippen molar-refractivity contribution in [3.63, 3.8) is 0 Å². The zero-order valence-corrected chi connectivity index (χ0v) is 11.4. The van der Waals surface area contributed by atoms with Crippen LogP contribution in [0.5, 0.6) is 0 Å². The highest BCUT2D eigenvalue weighted by molar-refractivity contribution is 6.02. The molecule has 1 rings (SSSR count). The van der Waals surface area contributed by atoms with E-state index in [0.29, 0.717) is 0 Å². The van der Waals surface area contributed by atoms with Gasteiger partial charge < -0.3 is 4.74 Å². The molecule has 0 aliphatic rings. The standard InChI is InChI=1S/C15H18O4/c1-10(11(2)16)14(12(3)17)15(18)19-9-13-7-5-4-6-8-13/h4-8,10,14H,9H2,1-3H3. The Morgan fingerprint density at radius 3 is 2.11 bits per heavy atom. The van der Waals surface area contributed by atoms with Gasteiger partial charge in [0.2, 0.25) is 0 Å². The van der Waals surface area contributed by atoms with Crippen LogP contribution in [0.4, 0.5) is 0 Å². The van der Waals surface area contributed by atoms with Crippen molar-refractivity contribution in [1.82, 2.24) is 0 Å². The molecule has 0 aromatic heterocycles. The van der Waals surface area contributed by atoms with Crippen LogP contribution in [0.25, 0.3) is 0 Å². The summed E-state index contributed by atoms with van der Waals surface area (Å²) in [5, 5.41) is 0. The summed E-state index contributed by atoms with van der Waals surface area (Å²) in [4.78, 5) is 34.7. The molecule has 0 fully saturated rings. The molecule has 4 nitrogen and oxygen atoms in total. The van der Waals surface area contributed by atoms with Crippen molar-refractivity contribution < 1.29 is 19.1 Å². The van der Waals surface area contributed by atoms with Crippen LogP contribution in [0.15, 0.2) is 30.3 Å². The molecule has 0 radical (unpaired) electrons. The van der Waals surface area contributed by atoms with E-state index < -0.39 is 17.8 Å². The molecule has 102 valence electrons. The first kappa shape index (κ1) is 15.1. The Morgan fingerprint density at radius 2 is 1.63 bits per heavy atom. The normalized spacial score (nSPS) is 13.4. The third-order valence-electron chi connectivity index (χ3n) is 3.06. The van der Waals surface area contributed by atoms with E-state index in [0.717, 1.165) is 5.56 Å². The SMILES string of the molecule is CC(=O)C(C)C(C(C)=O)C(=O)OCc1ccccc1. The van der Waals surface area contributed by atoms with Crippen molar-refractivity contribution in [2.45, 2.75) is 27.4 Å². The fourth-order valence-electron chi connectivity index (χ4n) is 1.78. The maximum Gasteiger partial charge on any atom is 0.317 e. The van der Waals surface area contributed by atoms with Crippen LogP contribution < -0.4 is 0 Å². The topological polar surface area (TPSA) is 60.4 Å². The van der Waals surface area contributed by atoms with Gasteiger partial charge in [-0.15, -0.1) is 0 Å². The minimum atomic E-state index is -1.01. The van der Waals surface area contributed by atoms with Gasteiger partial charge in [0.1, 0.15) is 24.1 Å². The molecule has 1 aromatic rings. The molecule has 0 saturated heterocycles. The second-order valence-corrected chi connectivity index (χ2v) is 4.58. The van der Waals surface area contributed by atoms with Crippen LogP contribution in [0.3, 0.4) is 0 Å². The summed E-state index contributed by atoms with van der Waals surface area (Å²) >= 11 is 0. The fraction of sp³-hybridized carbons (Fsp3) is 0.400. The minimum Gasteiger partial charge on any atom is -0.460 e. The lowest BCUT2D eigenvalue weighted by Gasteiger charge is -2.17. The van der Waals surface area contributed by atoms with Crippen molar-refractivity contribution in [2.75, 3.05) is 0 Å². The van der Waals surface area contributed by atoms with E-state index in [-0.39, 0.29) is 18.2 Å². The molecule has 0 N–H and O–H groups in total. The van der Waals surface area contributed by atoms with E-state index in [1.807, 2.05) is 30.3 Å². The Hall–Kier alpha value is -1.97. The number of carbonyl (C=O) groups is 3. The first-order valence-corrected chi connectivity index (χ1v) is 6.15. The first-order valence-electron chi connectivity index (χ1n) is 6.15. The molecule has 0 heterocycles. The lowest BCUT2D eigenvalue weighted by molar-refractivity contribution is -0.156. The van der Waals surface area contributed by atoms with E-state index >= 15 is 0 Å². The highest BCUT2D eigenvalue weighted by Gasteiger charge is 2.33. The van der Waals surface area contributed by atoms with E-state index in [1.165, 1.54) is 13.8 Å². The van der Waals surface area contributed by atoms with Gasteiger partial charge in [0.05, 0.1) is 0 Å². The van der Waals surface area contributed by atoms with Crippen LogP contribution in [0.2, 0.25) is 0 Å².